The van der Waals surface area contributed by atoms with Crippen LogP contribution in [-0.4, -0.2) is 35.9 Å². The highest BCUT2D eigenvalue weighted by Crippen LogP contribution is 2.26. The molecule has 1 unspecified atom stereocenters. The molecule has 29 heavy (non-hydrogen) atoms. The largest absolute Gasteiger partial charge is 0.484 e. The molecule has 0 spiro atoms. The Labute approximate surface area is 181 Å². The Hall–Kier alpha value is -2.24. The van der Waals surface area contributed by atoms with Gasteiger partial charge < -0.3 is 15.0 Å². The summed E-state index contributed by atoms with van der Waals surface area (Å²) in [5.41, 5.74) is 2.58. The smallest absolute Gasteiger partial charge is 0.261 e. The van der Waals surface area contributed by atoms with Gasteiger partial charge in [0.2, 0.25) is 5.91 Å². The van der Waals surface area contributed by atoms with Crippen LogP contribution in [0.3, 0.4) is 0 Å². The Morgan fingerprint density at radius 1 is 1.14 bits per heavy atom. The fraction of sp³-hybridized carbons (Fsp3) is 0.364. The van der Waals surface area contributed by atoms with E-state index in [-0.39, 0.29) is 25.0 Å². The van der Waals surface area contributed by atoms with Crippen molar-refractivity contribution in [3.63, 3.8) is 0 Å². The highest BCUT2D eigenvalue weighted by atomic mass is 35.5. The molecule has 0 aliphatic heterocycles. The minimum Gasteiger partial charge on any atom is -0.484 e. The molecule has 0 bridgehead atoms. The third-order valence-corrected chi connectivity index (χ3v) is 5.36. The molecular weight excluding hydrogens is 411 g/mol. The molecule has 2 rings (SSSR count). The lowest BCUT2D eigenvalue weighted by Crippen LogP contribution is -2.49. The molecule has 0 aliphatic carbocycles. The van der Waals surface area contributed by atoms with Crippen molar-refractivity contribution >= 4 is 35.0 Å². The van der Waals surface area contributed by atoms with Crippen molar-refractivity contribution in [2.24, 2.45) is 0 Å². The Morgan fingerprint density at radius 3 is 2.38 bits per heavy atom. The van der Waals surface area contributed by atoms with Gasteiger partial charge in [0, 0.05) is 23.1 Å². The van der Waals surface area contributed by atoms with Crippen LogP contribution in [0.2, 0.25) is 10.0 Å². The van der Waals surface area contributed by atoms with Gasteiger partial charge in [-0.2, -0.15) is 0 Å². The molecule has 0 fully saturated rings. The molecule has 0 aromatic heterocycles. The number of nitrogens with one attached hydrogen (secondary N) is 1. The standard InChI is InChI=1S/C22H26Cl2N2O3/c1-5-25-22(28)16(4)26(12-17-7-6-8-18(23)11-17)20(27)13-29-19-9-14(2)21(24)15(3)10-19/h6-11,16H,5,12-13H2,1-4H3,(H,25,28). The number of likely N-dealkylation sites (N-methyl/N-ethyl adjacent to an activating group) is 1. The van der Waals surface area contributed by atoms with E-state index in [0.29, 0.717) is 22.3 Å². The second-order valence-corrected chi connectivity index (χ2v) is 7.70. The van der Waals surface area contributed by atoms with Gasteiger partial charge in [0.15, 0.2) is 6.61 Å². The number of carbonyl (C=O) groups is 2. The summed E-state index contributed by atoms with van der Waals surface area (Å²) in [6.07, 6.45) is 0. The first-order valence-corrected chi connectivity index (χ1v) is 10.2. The monoisotopic (exact) mass is 436 g/mol. The van der Waals surface area contributed by atoms with E-state index in [1.54, 1.807) is 31.2 Å². The Balaban J connectivity index is 2.18. The van der Waals surface area contributed by atoms with Crippen molar-refractivity contribution in [2.75, 3.05) is 13.2 Å². The topological polar surface area (TPSA) is 58.6 Å². The average molecular weight is 437 g/mol. The maximum atomic E-state index is 13.0. The van der Waals surface area contributed by atoms with Crippen LogP contribution in [0.25, 0.3) is 0 Å². The average Bonchev–Trinajstić information content (AvgIpc) is 2.68. The summed E-state index contributed by atoms with van der Waals surface area (Å²) < 4.78 is 5.71. The van der Waals surface area contributed by atoms with Crippen molar-refractivity contribution in [2.45, 2.75) is 40.3 Å². The van der Waals surface area contributed by atoms with Gasteiger partial charge in [0.25, 0.3) is 5.91 Å². The molecule has 156 valence electrons. The Kier molecular flexibility index (Phi) is 8.35. The van der Waals surface area contributed by atoms with Gasteiger partial charge in [-0.25, -0.2) is 0 Å². The van der Waals surface area contributed by atoms with E-state index in [9.17, 15) is 9.59 Å². The quantitative estimate of drug-likeness (QED) is 0.660. The van der Waals surface area contributed by atoms with Gasteiger partial charge in [-0.15, -0.1) is 0 Å². The third-order valence-electron chi connectivity index (χ3n) is 4.53. The van der Waals surface area contributed by atoms with Crippen LogP contribution in [0.4, 0.5) is 0 Å². The van der Waals surface area contributed by atoms with E-state index in [1.807, 2.05) is 32.9 Å². The summed E-state index contributed by atoms with van der Waals surface area (Å²) in [6.45, 7) is 7.85. The molecule has 0 saturated heterocycles. The molecule has 2 aromatic carbocycles. The Morgan fingerprint density at radius 2 is 1.79 bits per heavy atom. The first-order valence-electron chi connectivity index (χ1n) is 9.44. The van der Waals surface area contributed by atoms with Crippen molar-refractivity contribution in [1.29, 1.82) is 0 Å². The zero-order valence-corrected chi connectivity index (χ0v) is 18.6. The zero-order chi connectivity index (χ0) is 21.6. The number of hydrogen-bond donors (Lipinski definition) is 1. The maximum absolute atomic E-state index is 13.0. The van der Waals surface area contributed by atoms with Gasteiger partial charge in [-0.3, -0.25) is 9.59 Å². The zero-order valence-electron chi connectivity index (χ0n) is 17.1. The van der Waals surface area contributed by atoms with Gasteiger partial charge in [0.05, 0.1) is 0 Å². The third kappa shape index (κ3) is 6.38. The minimum absolute atomic E-state index is 0.190. The fourth-order valence-electron chi connectivity index (χ4n) is 2.95. The van der Waals surface area contributed by atoms with Gasteiger partial charge in [0.1, 0.15) is 11.8 Å². The Bertz CT molecular complexity index is 863. The molecule has 1 N–H and O–H groups in total. The number of benzene rings is 2. The minimum atomic E-state index is -0.654. The molecular formula is C22H26Cl2N2O3. The van der Waals surface area contributed by atoms with E-state index >= 15 is 0 Å². The van der Waals surface area contributed by atoms with Crippen molar-refractivity contribution < 1.29 is 14.3 Å². The van der Waals surface area contributed by atoms with Crippen LogP contribution < -0.4 is 10.1 Å². The first-order chi connectivity index (χ1) is 13.7. The van der Waals surface area contributed by atoms with Crippen molar-refractivity contribution in [1.82, 2.24) is 10.2 Å². The fourth-order valence-corrected chi connectivity index (χ4v) is 3.28. The SMILES string of the molecule is CCNC(=O)C(C)N(Cc1cccc(Cl)c1)C(=O)COc1cc(C)c(Cl)c(C)c1. The van der Waals surface area contributed by atoms with Crippen molar-refractivity contribution in [3.8, 4) is 5.75 Å². The summed E-state index contributed by atoms with van der Waals surface area (Å²) in [4.78, 5) is 26.8. The molecule has 0 aliphatic rings. The number of ether oxygens (including phenoxy) is 1. The van der Waals surface area contributed by atoms with Crippen LogP contribution >= 0.6 is 23.2 Å². The molecule has 0 heterocycles. The van der Waals surface area contributed by atoms with Gasteiger partial charge in [-0.05, 0) is 68.7 Å². The number of aryl methyl sites for hydroxylation is 2. The van der Waals surface area contributed by atoms with Crippen LogP contribution in [-0.2, 0) is 16.1 Å². The molecule has 0 saturated carbocycles. The van der Waals surface area contributed by atoms with E-state index in [1.165, 1.54) is 4.90 Å². The second-order valence-electron chi connectivity index (χ2n) is 6.88. The van der Waals surface area contributed by atoms with E-state index in [4.69, 9.17) is 27.9 Å². The lowest BCUT2D eigenvalue weighted by atomic mass is 10.1. The highest BCUT2D eigenvalue weighted by molar-refractivity contribution is 6.32. The van der Waals surface area contributed by atoms with E-state index < -0.39 is 6.04 Å². The predicted octanol–water partition coefficient (Wildman–Crippen LogP) is 4.54. The van der Waals surface area contributed by atoms with Crippen LogP contribution in [0.1, 0.15) is 30.5 Å². The summed E-state index contributed by atoms with van der Waals surface area (Å²) in [5, 5.41) is 4.01. The summed E-state index contributed by atoms with van der Waals surface area (Å²) >= 11 is 12.3. The van der Waals surface area contributed by atoms with E-state index in [0.717, 1.165) is 16.7 Å². The summed E-state index contributed by atoms with van der Waals surface area (Å²) in [6, 6.07) is 10.1. The van der Waals surface area contributed by atoms with Gasteiger partial charge in [-0.1, -0.05) is 35.3 Å². The molecule has 2 aromatic rings. The normalized spacial score (nSPS) is 11.7. The van der Waals surface area contributed by atoms with Crippen LogP contribution in [0, 0.1) is 13.8 Å². The number of carbonyl (C=O) groups excluding carboxylic acids is 2. The predicted molar refractivity (Wildman–Crippen MR) is 117 cm³/mol. The summed E-state index contributed by atoms with van der Waals surface area (Å²) in [5.74, 6) is 0.0427. The first kappa shape index (κ1) is 23.0. The number of rotatable bonds is 8. The lowest BCUT2D eigenvalue weighted by Gasteiger charge is -2.28. The number of hydrogen-bond acceptors (Lipinski definition) is 3. The number of halogens is 2. The lowest BCUT2D eigenvalue weighted by molar-refractivity contribution is -0.142. The molecule has 1 atom stereocenters. The molecule has 5 nitrogen and oxygen atoms in total. The molecule has 7 heteroatoms. The second kappa shape index (κ2) is 10.5. The van der Waals surface area contributed by atoms with Gasteiger partial charge >= 0.3 is 0 Å². The van der Waals surface area contributed by atoms with Crippen molar-refractivity contribution in [3.05, 3.63) is 63.1 Å². The van der Waals surface area contributed by atoms with Crippen LogP contribution in [0.15, 0.2) is 36.4 Å². The number of nitrogens with zero attached hydrogens (tertiary/aromatic N) is 1. The summed E-state index contributed by atoms with van der Waals surface area (Å²) in [7, 11) is 0. The number of amides is 2. The van der Waals surface area contributed by atoms with E-state index in [2.05, 4.69) is 5.32 Å². The molecule has 0 radical (unpaired) electrons. The highest BCUT2D eigenvalue weighted by Gasteiger charge is 2.26. The van der Waals surface area contributed by atoms with Crippen LogP contribution in [0.5, 0.6) is 5.75 Å². The molecule has 2 amide bonds. The maximum Gasteiger partial charge on any atom is 0.261 e.